The lowest BCUT2D eigenvalue weighted by atomic mass is 9.47. The standard InChI is InChI=1S/C50H81NO20/c1-20-5-8-27-21(2)33-28(51(27)15-20)14-26-24-7-6-22-13-23(9-11-49(22,3)25(24)10-12-50(26,33)4)65-46-41(63)38(60)42(32(18-54)68-46)69-48-44(71-47-40(62)37(59)35(57)30(16-52)66-47)43(36(58)31(17-53)67-48)70-45-39(61)34(56)29(55)19-64-45/h6,20-21,23-48,52-63H,5,7-19H2,1-4H3/t20-,21+,23-,24+,25-,26-,27+,28-,29+,30+,31+,32+,33-,34-,35+,36+,37-,38+,39+,40+,41+,42-,43-,44+,45-,46+,47-,48-,49-,50-/m0/s1. The average molecular weight is 1020 g/mol. The van der Waals surface area contributed by atoms with Crippen molar-refractivity contribution in [3.8, 4) is 0 Å². The normalized spacial score (nSPS) is 56.4. The maximum Gasteiger partial charge on any atom is 0.187 e. The Morgan fingerprint density at radius 1 is 0.606 bits per heavy atom. The van der Waals surface area contributed by atoms with Crippen molar-refractivity contribution >= 4 is 0 Å². The summed E-state index contributed by atoms with van der Waals surface area (Å²) in [4.78, 5) is 2.93. The van der Waals surface area contributed by atoms with E-state index in [0.717, 1.165) is 36.6 Å². The molecule has 6 saturated heterocycles. The summed E-state index contributed by atoms with van der Waals surface area (Å²) in [6.45, 7) is 8.29. The fraction of sp³-hybridized carbons (Fsp3) is 0.960. The van der Waals surface area contributed by atoms with E-state index in [-0.39, 0.29) is 11.5 Å². The first-order valence-electron chi connectivity index (χ1n) is 26.4. The van der Waals surface area contributed by atoms with Gasteiger partial charge < -0.3 is 99.2 Å². The second-order valence-corrected chi connectivity index (χ2v) is 23.6. The summed E-state index contributed by atoms with van der Waals surface area (Å²) in [6.07, 6.45) is -21.0. The summed E-state index contributed by atoms with van der Waals surface area (Å²) in [5, 5.41) is 129. The number of rotatable bonds is 11. The van der Waals surface area contributed by atoms with Crippen molar-refractivity contribution in [2.24, 2.45) is 46.3 Å². The summed E-state index contributed by atoms with van der Waals surface area (Å²) < 4.78 is 47.9. The van der Waals surface area contributed by atoms with E-state index in [1.165, 1.54) is 44.2 Å². The molecule has 0 amide bonds. The van der Waals surface area contributed by atoms with Crippen LogP contribution < -0.4 is 0 Å². The molecular weight excluding hydrogens is 935 g/mol. The Kier molecular flexibility index (Phi) is 15.5. The van der Waals surface area contributed by atoms with Gasteiger partial charge in [0.05, 0.1) is 32.5 Å². The van der Waals surface area contributed by atoms with Gasteiger partial charge in [-0.2, -0.15) is 0 Å². The Morgan fingerprint density at radius 2 is 1.24 bits per heavy atom. The van der Waals surface area contributed by atoms with E-state index >= 15 is 0 Å². The molecule has 0 aromatic rings. The molecule has 6 aliphatic heterocycles. The van der Waals surface area contributed by atoms with Gasteiger partial charge in [-0.3, -0.25) is 4.90 Å². The van der Waals surface area contributed by atoms with E-state index in [0.29, 0.717) is 42.1 Å². The fourth-order valence-corrected chi connectivity index (χ4v) is 16.0. The van der Waals surface area contributed by atoms with Crippen molar-refractivity contribution < 1.29 is 99.2 Å². The molecule has 0 unspecified atom stereocenters. The van der Waals surface area contributed by atoms with Crippen molar-refractivity contribution in [3.05, 3.63) is 11.6 Å². The monoisotopic (exact) mass is 1020 g/mol. The Balaban J connectivity index is 0.834. The zero-order valence-electron chi connectivity index (χ0n) is 41.2. The molecule has 71 heavy (non-hydrogen) atoms. The molecule has 10 aliphatic rings. The lowest BCUT2D eigenvalue weighted by Crippen LogP contribution is -2.68. The van der Waals surface area contributed by atoms with Crippen LogP contribution in [0, 0.1) is 46.3 Å². The van der Waals surface area contributed by atoms with Crippen molar-refractivity contribution in [3.63, 3.8) is 0 Å². The molecule has 9 fully saturated rings. The van der Waals surface area contributed by atoms with Gasteiger partial charge in [-0.05, 0) is 104 Å². The summed E-state index contributed by atoms with van der Waals surface area (Å²) >= 11 is 0. The van der Waals surface area contributed by atoms with Gasteiger partial charge in [0.1, 0.15) is 91.6 Å². The predicted octanol–water partition coefficient (Wildman–Crippen LogP) is -2.41. The van der Waals surface area contributed by atoms with Crippen LogP contribution in [0.5, 0.6) is 0 Å². The summed E-state index contributed by atoms with van der Waals surface area (Å²) in [5.41, 5.74) is 1.71. The van der Waals surface area contributed by atoms with Crippen LogP contribution in [0.2, 0.25) is 0 Å². The number of hydrogen-bond acceptors (Lipinski definition) is 21. The first-order chi connectivity index (χ1) is 33.8. The lowest BCUT2D eigenvalue weighted by Gasteiger charge is -2.58. The number of piperidine rings is 1. The molecule has 0 spiro atoms. The Hall–Kier alpha value is -1.10. The zero-order chi connectivity index (χ0) is 50.6. The maximum atomic E-state index is 11.8. The highest BCUT2D eigenvalue weighted by Crippen LogP contribution is 2.70. The second kappa shape index (κ2) is 20.7. The van der Waals surface area contributed by atoms with E-state index in [4.69, 9.17) is 37.9 Å². The molecular formula is C50H81NO20. The molecule has 0 bridgehead atoms. The van der Waals surface area contributed by atoms with E-state index in [2.05, 4.69) is 38.7 Å². The van der Waals surface area contributed by atoms with Crippen LogP contribution in [0.1, 0.15) is 85.5 Å². The van der Waals surface area contributed by atoms with Crippen molar-refractivity contribution in [2.75, 3.05) is 33.0 Å². The van der Waals surface area contributed by atoms with Crippen molar-refractivity contribution in [2.45, 2.75) is 220 Å². The summed E-state index contributed by atoms with van der Waals surface area (Å²) in [5.74, 6) is 4.10. The van der Waals surface area contributed by atoms with Gasteiger partial charge in [0.25, 0.3) is 0 Å². The third-order valence-corrected chi connectivity index (χ3v) is 19.8. The SMILES string of the molecule is C[C@H]1CC[C@@H]2[C@@H](C)[C@H]3[C@H](C[C@H]4[C@@H]5CC=C6C[C@@H](O[C@@H]7O[C@H](CO)[C@H](O[C@@H]8O[C@H](CO)[C@@H](O)[C@H](O[C@@H]9OC[C@@H](O)[C@H](O)[C@H]9O)[C@H]8O[C@@H]8O[C@H](CO)[C@@H](O)[C@H](O)[C@H]8O)[C@H](O)[C@H]7O)CC[C@]6(C)[C@H]5CC[C@]34C)N2C1. The summed E-state index contributed by atoms with van der Waals surface area (Å²) in [6, 6.07) is 1.41. The van der Waals surface area contributed by atoms with E-state index in [1.807, 2.05) is 0 Å². The number of nitrogens with zero attached hydrogens (tertiary/aromatic N) is 1. The summed E-state index contributed by atoms with van der Waals surface area (Å²) in [7, 11) is 0. The zero-order valence-corrected chi connectivity index (χ0v) is 41.2. The topological polar surface area (TPSA) is 320 Å². The van der Waals surface area contributed by atoms with Crippen LogP contribution in [0.15, 0.2) is 11.6 Å². The first kappa shape index (κ1) is 53.3. The maximum absolute atomic E-state index is 11.8. The smallest absolute Gasteiger partial charge is 0.187 e. The van der Waals surface area contributed by atoms with E-state index < -0.39 is 143 Å². The minimum atomic E-state index is -1.99. The number of fused-ring (bicyclic) bond motifs is 9. The second-order valence-electron chi connectivity index (χ2n) is 23.6. The predicted molar refractivity (Wildman–Crippen MR) is 243 cm³/mol. The fourth-order valence-electron chi connectivity index (χ4n) is 16.0. The molecule has 12 N–H and O–H groups in total. The Labute approximate surface area is 414 Å². The molecule has 0 aromatic carbocycles. The molecule has 0 aromatic heterocycles. The van der Waals surface area contributed by atoms with Gasteiger partial charge in [-0.25, -0.2) is 0 Å². The van der Waals surface area contributed by atoms with Gasteiger partial charge in [-0.15, -0.1) is 0 Å². The van der Waals surface area contributed by atoms with Crippen LogP contribution in [0.25, 0.3) is 0 Å². The minimum Gasteiger partial charge on any atom is -0.394 e. The van der Waals surface area contributed by atoms with Crippen LogP contribution in [0.3, 0.4) is 0 Å². The first-order valence-corrected chi connectivity index (χ1v) is 26.4. The van der Waals surface area contributed by atoms with Crippen molar-refractivity contribution in [1.82, 2.24) is 4.90 Å². The number of aliphatic hydroxyl groups is 12. The number of hydrogen-bond donors (Lipinski definition) is 12. The molecule has 6 heterocycles. The van der Waals surface area contributed by atoms with Gasteiger partial charge in [0.2, 0.25) is 0 Å². The molecule has 0 radical (unpaired) electrons. The van der Waals surface area contributed by atoms with Crippen LogP contribution in [-0.2, 0) is 37.9 Å². The highest BCUT2D eigenvalue weighted by molar-refractivity contribution is 5.27. The molecule has 21 heteroatoms. The lowest BCUT2D eigenvalue weighted by molar-refractivity contribution is -0.403. The van der Waals surface area contributed by atoms with E-state index in [1.54, 1.807) is 0 Å². The van der Waals surface area contributed by atoms with E-state index in [9.17, 15) is 61.3 Å². The molecule has 406 valence electrons. The van der Waals surface area contributed by atoms with Gasteiger partial charge in [-0.1, -0.05) is 39.3 Å². The number of allylic oxidation sites excluding steroid dienone is 1. The molecule has 30 atom stereocenters. The minimum absolute atomic E-state index is 0.00573. The third kappa shape index (κ3) is 9.12. The largest absolute Gasteiger partial charge is 0.394 e. The number of ether oxygens (including phenoxy) is 8. The molecule has 10 rings (SSSR count). The van der Waals surface area contributed by atoms with Gasteiger partial charge >= 0.3 is 0 Å². The van der Waals surface area contributed by atoms with Crippen LogP contribution >= 0.6 is 0 Å². The average Bonchev–Trinajstić information content (AvgIpc) is 3.83. The quantitative estimate of drug-likeness (QED) is 0.0960. The number of aliphatic hydroxyl groups excluding tert-OH is 12. The highest BCUT2D eigenvalue weighted by atomic mass is 16.8. The van der Waals surface area contributed by atoms with Gasteiger partial charge in [0, 0.05) is 18.6 Å². The molecule has 4 aliphatic carbocycles. The third-order valence-electron chi connectivity index (χ3n) is 19.8. The molecule has 21 nitrogen and oxygen atoms in total. The Morgan fingerprint density at radius 3 is 1.97 bits per heavy atom. The van der Waals surface area contributed by atoms with Crippen molar-refractivity contribution in [1.29, 1.82) is 0 Å². The molecule has 3 saturated carbocycles. The highest BCUT2D eigenvalue weighted by Gasteiger charge is 2.67. The van der Waals surface area contributed by atoms with Gasteiger partial charge in [0.15, 0.2) is 25.2 Å². The van der Waals surface area contributed by atoms with Crippen LogP contribution in [-0.4, -0.2) is 234 Å². The Bertz CT molecular complexity index is 1870. The van der Waals surface area contributed by atoms with Crippen LogP contribution in [0.4, 0.5) is 0 Å².